The number of unbranched alkanes of at least 4 members (excludes halogenated alkanes) is 1. The molecule has 0 amide bonds. The van der Waals surface area contributed by atoms with E-state index >= 15 is 0 Å². The molecule has 5 heteroatoms. The Labute approximate surface area is 101 Å². The van der Waals surface area contributed by atoms with Gasteiger partial charge in [0.1, 0.15) is 5.75 Å². The van der Waals surface area contributed by atoms with E-state index in [0.29, 0.717) is 5.56 Å². The molecule has 96 valence electrons. The summed E-state index contributed by atoms with van der Waals surface area (Å²) in [5.41, 5.74) is 10.8. The second-order valence-corrected chi connectivity index (χ2v) is 3.48. The fourth-order valence-electron chi connectivity index (χ4n) is 1.11. The molecule has 6 N–H and O–H groups in total. The fourth-order valence-corrected chi connectivity index (χ4v) is 1.11. The number of hydrogen-bond donors (Lipinski definition) is 4. The van der Waals surface area contributed by atoms with E-state index in [2.05, 4.69) is 0 Å². The quantitative estimate of drug-likeness (QED) is 0.566. The fraction of sp³-hybridized carbons (Fsp3) is 0.417. The highest BCUT2D eigenvalue weighted by Crippen LogP contribution is 2.15. The van der Waals surface area contributed by atoms with Crippen LogP contribution in [0.3, 0.4) is 0 Å². The molecule has 0 spiro atoms. The minimum Gasteiger partial charge on any atom is -0.508 e. The van der Waals surface area contributed by atoms with Gasteiger partial charge in [0.2, 0.25) is 0 Å². The average Bonchev–Trinajstić information content (AvgIpc) is 2.30. The Morgan fingerprint density at radius 3 is 2.06 bits per heavy atom. The molecule has 1 aromatic carbocycles. The van der Waals surface area contributed by atoms with Gasteiger partial charge in [-0.25, -0.2) is 0 Å². The van der Waals surface area contributed by atoms with E-state index in [4.69, 9.17) is 21.7 Å². The number of rotatable bonds is 5. The summed E-state index contributed by atoms with van der Waals surface area (Å²) in [6.45, 7) is 1.55. The van der Waals surface area contributed by atoms with Crippen molar-refractivity contribution in [3.05, 3.63) is 29.8 Å². The van der Waals surface area contributed by atoms with Gasteiger partial charge in [-0.05, 0) is 32.0 Å². The number of aromatic hydroxyl groups is 1. The number of phenolic OH excluding ortho intramolecular Hbond substituents is 1. The summed E-state index contributed by atoms with van der Waals surface area (Å²) in [6, 6.07) is 6.40. The van der Waals surface area contributed by atoms with Gasteiger partial charge < -0.3 is 21.7 Å². The van der Waals surface area contributed by atoms with Crippen LogP contribution in [-0.2, 0) is 11.2 Å². The first-order chi connectivity index (χ1) is 8.11. The highest BCUT2D eigenvalue weighted by atomic mass is 16.4. The smallest absolute Gasteiger partial charge is 0.307 e. The first-order valence-electron chi connectivity index (χ1n) is 5.50. The zero-order chi connectivity index (χ0) is 13.1. The van der Waals surface area contributed by atoms with Crippen molar-refractivity contribution in [2.75, 3.05) is 13.1 Å². The van der Waals surface area contributed by atoms with Crippen LogP contribution in [-0.4, -0.2) is 29.3 Å². The minimum absolute atomic E-state index is 0.0369. The monoisotopic (exact) mass is 240 g/mol. The van der Waals surface area contributed by atoms with Crippen molar-refractivity contribution in [3.8, 4) is 5.75 Å². The highest BCUT2D eigenvalue weighted by molar-refractivity contribution is 5.71. The van der Waals surface area contributed by atoms with Crippen LogP contribution in [0.2, 0.25) is 0 Å². The van der Waals surface area contributed by atoms with Gasteiger partial charge in [0.05, 0.1) is 6.42 Å². The average molecular weight is 240 g/mol. The summed E-state index contributed by atoms with van der Waals surface area (Å²) in [5, 5.41) is 17.5. The number of carboxylic acid groups (broad SMARTS) is 1. The predicted molar refractivity (Wildman–Crippen MR) is 66.8 cm³/mol. The zero-order valence-corrected chi connectivity index (χ0v) is 9.80. The lowest BCUT2D eigenvalue weighted by Crippen LogP contribution is -2.03. The van der Waals surface area contributed by atoms with Gasteiger partial charge in [-0.15, -0.1) is 0 Å². The molecule has 0 saturated carbocycles. The first kappa shape index (κ1) is 15.4. The molecule has 0 aliphatic rings. The number of hydrogen-bond acceptors (Lipinski definition) is 4. The van der Waals surface area contributed by atoms with E-state index in [1.807, 2.05) is 0 Å². The molecular formula is C12H20N2O3. The number of phenols is 1. The molecule has 0 fully saturated rings. The number of nitrogens with two attached hydrogens (primary N) is 2. The van der Waals surface area contributed by atoms with Crippen molar-refractivity contribution < 1.29 is 15.0 Å². The third-order valence-corrected chi connectivity index (χ3v) is 1.99. The van der Waals surface area contributed by atoms with E-state index in [9.17, 15) is 4.79 Å². The lowest BCUT2D eigenvalue weighted by Gasteiger charge is -1.98. The van der Waals surface area contributed by atoms with Crippen molar-refractivity contribution in [2.24, 2.45) is 11.5 Å². The van der Waals surface area contributed by atoms with Crippen LogP contribution in [0.1, 0.15) is 18.4 Å². The second-order valence-electron chi connectivity index (χ2n) is 3.48. The van der Waals surface area contributed by atoms with Gasteiger partial charge in [0.25, 0.3) is 0 Å². The van der Waals surface area contributed by atoms with Gasteiger partial charge >= 0.3 is 5.97 Å². The summed E-state index contributed by atoms with van der Waals surface area (Å²) in [7, 11) is 0. The molecule has 0 aromatic heterocycles. The lowest BCUT2D eigenvalue weighted by atomic mass is 10.1. The molecule has 0 aliphatic heterocycles. The van der Waals surface area contributed by atoms with Crippen LogP contribution in [0.15, 0.2) is 24.3 Å². The van der Waals surface area contributed by atoms with Gasteiger partial charge in [-0.2, -0.15) is 0 Å². The number of para-hydroxylation sites is 1. The summed E-state index contributed by atoms with van der Waals surface area (Å²) >= 11 is 0. The first-order valence-corrected chi connectivity index (χ1v) is 5.50. The van der Waals surface area contributed by atoms with Crippen LogP contribution in [0.25, 0.3) is 0 Å². The van der Waals surface area contributed by atoms with E-state index in [1.165, 1.54) is 6.07 Å². The van der Waals surface area contributed by atoms with E-state index in [1.54, 1.807) is 18.2 Å². The van der Waals surface area contributed by atoms with Gasteiger partial charge in [0, 0.05) is 5.56 Å². The number of benzene rings is 1. The Hall–Kier alpha value is -1.59. The summed E-state index contributed by atoms with van der Waals surface area (Å²) in [6.07, 6.45) is 2.00. The van der Waals surface area contributed by atoms with Crippen molar-refractivity contribution in [2.45, 2.75) is 19.3 Å². The van der Waals surface area contributed by atoms with Crippen molar-refractivity contribution in [1.29, 1.82) is 0 Å². The maximum absolute atomic E-state index is 10.2. The Morgan fingerprint density at radius 2 is 1.65 bits per heavy atom. The molecule has 0 aliphatic carbocycles. The van der Waals surface area contributed by atoms with Crippen molar-refractivity contribution >= 4 is 5.97 Å². The zero-order valence-electron chi connectivity index (χ0n) is 9.80. The molecule has 0 saturated heterocycles. The van der Waals surface area contributed by atoms with Gasteiger partial charge in [0.15, 0.2) is 0 Å². The maximum atomic E-state index is 10.2. The van der Waals surface area contributed by atoms with Crippen LogP contribution in [0.5, 0.6) is 5.75 Å². The standard InChI is InChI=1S/C8H8O3.C4H12N2/c9-7-4-2-1-3-6(7)5-8(10)11;5-3-1-2-4-6/h1-4,9H,5H2,(H,10,11);1-6H2. The van der Waals surface area contributed by atoms with Crippen molar-refractivity contribution in [1.82, 2.24) is 0 Å². The SMILES string of the molecule is NCCCCN.O=C(O)Cc1ccccc1O. The Kier molecular flexibility index (Phi) is 8.72. The normalized spacial score (nSPS) is 9.29. The molecule has 17 heavy (non-hydrogen) atoms. The largest absolute Gasteiger partial charge is 0.508 e. The van der Waals surface area contributed by atoms with E-state index < -0.39 is 5.97 Å². The number of carbonyl (C=O) groups is 1. The third kappa shape index (κ3) is 8.24. The maximum Gasteiger partial charge on any atom is 0.307 e. The molecule has 0 heterocycles. The van der Waals surface area contributed by atoms with Crippen LogP contribution in [0.4, 0.5) is 0 Å². The summed E-state index contributed by atoms with van der Waals surface area (Å²) in [5.74, 6) is -0.901. The Bertz CT molecular complexity index is 325. The predicted octanol–water partition coefficient (Wildman–Crippen LogP) is 0.703. The topological polar surface area (TPSA) is 110 Å². The highest BCUT2D eigenvalue weighted by Gasteiger charge is 2.03. The number of aliphatic carboxylic acids is 1. The van der Waals surface area contributed by atoms with E-state index in [0.717, 1.165) is 25.9 Å². The third-order valence-electron chi connectivity index (χ3n) is 1.99. The van der Waals surface area contributed by atoms with E-state index in [-0.39, 0.29) is 12.2 Å². The van der Waals surface area contributed by atoms with Crippen molar-refractivity contribution in [3.63, 3.8) is 0 Å². The summed E-state index contributed by atoms with van der Waals surface area (Å²) < 4.78 is 0. The number of carboxylic acids is 1. The Morgan fingerprint density at radius 1 is 1.12 bits per heavy atom. The minimum atomic E-state index is -0.938. The van der Waals surface area contributed by atoms with Crippen LogP contribution in [0, 0.1) is 0 Å². The van der Waals surface area contributed by atoms with Gasteiger partial charge in [-0.3, -0.25) is 4.79 Å². The molecule has 1 aromatic rings. The summed E-state index contributed by atoms with van der Waals surface area (Å²) in [4.78, 5) is 10.2. The molecule has 0 bridgehead atoms. The second kappa shape index (κ2) is 9.62. The molecule has 1 rings (SSSR count). The molecule has 5 nitrogen and oxygen atoms in total. The molecule has 0 radical (unpaired) electrons. The van der Waals surface area contributed by atoms with Crippen LogP contribution >= 0.6 is 0 Å². The van der Waals surface area contributed by atoms with Crippen LogP contribution < -0.4 is 11.5 Å². The lowest BCUT2D eigenvalue weighted by molar-refractivity contribution is -0.136. The van der Waals surface area contributed by atoms with Gasteiger partial charge in [-0.1, -0.05) is 18.2 Å². The Balaban J connectivity index is 0.000000366. The molecular weight excluding hydrogens is 220 g/mol. The molecule has 0 atom stereocenters. The molecule has 0 unspecified atom stereocenters.